The fourth-order valence-electron chi connectivity index (χ4n) is 1.75. The standard InChI is InChI=1S/C14H19N3O/c1-3-17-10-14(9-16-17)15-8-12-4-6-13(7-5-12)11-18-2/h4-7,9-10,15H,3,8,11H2,1-2H3. The molecule has 18 heavy (non-hydrogen) atoms. The summed E-state index contributed by atoms with van der Waals surface area (Å²) >= 11 is 0. The maximum atomic E-state index is 5.09. The van der Waals surface area contributed by atoms with Gasteiger partial charge >= 0.3 is 0 Å². The summed E-state index contributed by atoms with van der Waals surface area (Å²) in [4.78, 5) is 0. The van der Waals surface area contributed by atoms with E-state index in [1.807, 2.05) is 17.1 Å². The van der Waals surface area contributed by atoms with Crippen LogP contribution in [-0.2, 0) is 24.4 Å². The van der Waals surface area contributed by atoms with Crippen molar-refractivity contribution in [3.05, 3.63) is 47.8 Å². The van der Waals surface area contributed by atoms with E-state index in [0.29, 0.717) is 6.61 Å². The van der Waals surface area contributed by atoms with Gasteiger partial charge in [-0.1, -0.05) is 24.3 Å². The third-order valence-corrected chi connectivity index (χ3v) is 2.79. The molecule has 1 N–H and O–H groups in total. The fraction of sp³-hybridized carbons (Fsp3) is 0.357. The van der Waals surface area contributed by atoms with E-state index in [2.05, 4.69) is 41.6 Å². The van der Waals surface area contributed by atoms with Crippen molar-refractivity contribution in [2.45, 2.75) is 26.6 Å². The smallest absolute Gasteiger partial charge is 0.0729 e. The van der Waals surface area contributed by atoms with Crippen LogP contribution in [0.1, 0.15) is 18.1 Å². The Labute approximate surface area is 108 Å². The molecule has 2 rings (SSSR count). The molecule has 0 radical (unpaired) electrons. The monoisotopic (exact) mass is 245 g/mol. The topological polar surface area (TPSA) is 39.1 Å². The Morgan fingerprint density at radius 2 is 1.94 bits per heavy atom. The number of nitrogens with zero attached hydrogens (tertiary/aromatic N) is 2. The van der Waals surface area contributed by atoms with Crippen molar-refractivity contribution < 1.29 is 4.74 Å². The number of aryl methyl sites for hydroxylation is 1. The largest absolute Gasteiger partial charge is 0.380 e. The van der Waals surface area contributed by atoms with Gasteiger partial charge in [-0.05, 0) is 18.1 Å². The van der Waals surface area contributed by atoms with E-state index >= 15 is 0 Å². The van der Waals surface area contributed by atoms with Crippen molar-refractivity contribution in [1.29, 1.82) is 0 Å². The first kappa shape index (κ1) is 12.6. The summed E-state index contributed by atoms with van der Waals surface area (Å²) in [6, 6.07) is 8.42. The van der Waals surface area contributed by atoms with Gasteiger partial charge in [0.15, 0.2) is 0 Å². The van der Waals surface area contributed by atoms with Crippen molar-refractivity contribution in [3.63, 3.8) is 0 Å². The van der Waals surface area contributed by atoms with Gasteiger partial charge in [0.1, 0.15) is 0 Å². The van der Waals surface area contributed by atoms with Crippen molar-refractivity contribution in [2.24, 2.45) is 0 Å². The van der Waals surface area contributed by atoms with E-state index < -0.39 is 0 Å². The SMILES string of the molecule is CCn1cc(NCc2ccc(COC)cc2)cn1. The number of nitrogens with one attached hydrogen (secondary N) is 1. The van der Waals surface area contributed by atoms with Gasteiger partial charge in [-0.25, -0.2) is 0 Å². The van der Waals surface area contributed by atoms with E-state index in [-0.39, 0.29) is 0 Å². The van der Waals surface area contributed by atoms with Crippen LogP contribution in [0.2, 0.25) is 0 Å². The Hall–Kier alpha value is -1.81. The summed E-state index contributed by atoms with van der Waals surface area (Å²) in [5.74, 6) is 0. The summed E-state index contributed by atoms with van der Waals surface area (Å²) in [5.41, 5.74) is 3.50. The second kappa shape index (κ2) is 6.21. The number of aromatic nitrogens is 2. The zero-order valence-electron chi connectivity index (χ0n) is 10.9. The minimum Gasteiger partial charge on any atom is -0.380 e. The Balaban J connectivity index is 1.89. The molecule has 0 atom stereocenters. The van der Waals surface area contributed by atoms with Gasteiger partial charge in [0, 0.05) is 26.4 Å². The van der Waals surface area contributed by atoms with Gasteiger partial charge in [0.05, 0.1) is 18.5 Å². The lowest BCUT2D eigenvalue weighted by atomic mass is 10.1. The van der Waals surface area contributed by atoms with Crippen LogP contribution in [0.5, 0.6) is 0 Å². The molecule has 0 amide bonds. The van der Waals surface area contributed by atoms with E-state index in [1.165, 1.54) is 11.1 Å². The normalized spacial score (nSPS) is 10.6. The van der Waals surface area contributed by atoms with Crippen molar-refractivity contribution >= 4 is 5.69 Å². The molecule has 0 spiro atoms. The van der Waals surface area contributed by atoms with E-state index in [0.717, 1.165) is 18.8 Å². The van der Waals surface area contributed by atoms with Crippen molar-refractivity contribution in [2.75, 3.05) is 12.4 Å². The van der Waals surface area contributed by atoms with E-state index in [1.54, 1.807) is 7.11 Å². The third-order valence-electron chi connectivity index (χ3n) is 2.79. The predicted molar refractivity (Wildman–Crippen MR) is 72.4 cm³/mol. The highest BCUT2D eigenvalue weighted by Crippen LogP contribution is 2.09. The van der Waals surface area contributed by atoms with Gasteiger partial charge in [-0.15, -0.1) is 0 Å². The van der Waals surface area contributed by atoms with E-state index in [4.69, 9.17) is 4.74 Å². The number of benzene rings is 1. The van der Waals surface area contributed by atoms with Crippen LogP contribution in [-0.4, -0.2) is 16.9 Å². The van der Waals surface area contributed by atoms with Crippen LogP contribution in [0.3, 0.4) is 0 Å². The summed E-state index contributed by atoms with van der Waals surface area (Å²) < 4.78 is 6.99. The highest BCUT2D eigenvalue weighted by Gasteiger charge is 1.98. The molecule has 0 unspecified atom stereocenters. The lowest BCUT2D eigenvalue weighted by molar-refractivity contribution is 0.185. The molecule has 1 heterocycles. The molecule has 0 saturated heterocycles. The Morgan fingerprint density at radius 1 is 1.22 bits per heavy atom. The molecule has 0 bridgehead atoms. The molecule has 1 aromatic carbocycles. The minimum atomic E-state index is 0.664. The van der Waals surface area contributed by atoms with Crippen LogP contribution in [0, 0.1) is 0 Å². The van der Waals surface area contributed by atoms with Gasteiger partial charge in [-0.3, -0.25) is 4.68 Å². The maximum absolute atomic E-state index is 5.09. The Morgan fingerprint density at radius 3 is 2.56 bits per heavy atom. The maximum Gasteiger partial charge on any atom is 0.0729 e. The molecule has 0 aliphatic carbocycles. The zero-order valence-corrected chi connectivity index (χ0v) is 10.9. The summed E-state index contributed by atoms with van der Waals surface area (Å²) in [6.07, 6.45) is 3.86. The highest BCUT2D eigenvalue weighted by atomic mass is 16.5. The number of rotatable bonds is 6. The van der Waals surface area contributed by atoms with Gasteiger partial charge in [-0.2, -0.15) is 5.10 Å². The first-order valence-electron chi connectivity index (χ1n) is 6.15. The first-order chi connectivity index (χ1) is 8.81. The first-order valence-corrected chi connectivity index (χ1v) is 6.15. The van der Waals surface area contributed by atoms with Crippen LogP contribution in [0.25, 0.3) is 0 Å². The molecule has 0 aliphatic heterocycles. The molecule has 0 fully saturated rings. The zero-order chi connectivity index (χ0) is 12.8. The van der Waals surface area contributed by atoms with Crippen molar-refractivity contribution in [1.82, 2.24) is 9.78 Å². The molecule has 4 nitrogen and oxygen atoms in total. The molecule has 0 saturated carbocycles. The van der Waals surface area contributed by atoms with Crippen LogP contribution >= 0.6 is 0 Å². The summed E-state index contributed by atoms with van der Waals surface area (Å²) in [5, 5.41) is 7.58. The predicted octanol–water partition coefficient (Wildman–Crippen LogP) is 2.66. The fourth-order valence-corrected chi connectivity index (χ4v) is 1.75. The average molecular weight is 245 g/mol. The van der Waals surface area contributed by atoms with Crippen LogP contribution in [0.15, 0.2) is 36.7 Å². The Bertz CT molecular complexity index is 476. The quantitative estimate of drug-likeness (QED) is 0.850. The molecule has 2 aromatic rings. The lowest BCUT2D eigenvalue weighted by Crippen LogP contribution is -1.99. The minimum absolute atomic E-state index is 0.664. The van der Waals surface area contributed by atoms with Crippen molar-refractivity contribution in [3.8, 4) is 0 Å². The lowest BCUT2D eigenvalue weighted by Gasteiger charge is -2.05. The molecule has 1 aromatic heterocycles. The van der Waals surface area contributed by atoms with Crippen LogP contribution < -0.4 is 5.32 Å². The molecule has 0 aliphatic rings. The summed E-state index contributed by atoms with van der Waals surface area (Å²) in [6.45, 7) is 4.44. The van der Waals surface area contributed by atoms with Gasteiger partial charge in [0.25, 0.3) is 0 Å². The van der Waals surface area contributed by atoms with Gasteiger partial charge in [0.2, 0.25) is 0 Å². The third kappa shape index (κ3) is 3.34. The number of ether oxygens (including phenoxy) is 1. The summed E-state index contributed by atoms with van der Waals surface area (Å²) in [7, 11) is 1.71. The molecule has 4 heteroatoms. The second-order valence-corrected chi connectivity index (χ2v) is 4.19. The molecular weight excluding hydrogens is 226 g/mol. The number of hydrogen-bond acceptors (Lipinski definition) is 3. The molecule has 96 valence electrons. The molecular formula is C14H19N3O. The van der Waals surface area contributed by atoms with E-state index in [9.17, 15) is 0 Å². The highest BCUT2D eigenvalue weighted by molar-refractivity contribution is 5.39. The number of anilines is 1. The van der Waals surface area contributed by atoms with Crippen LogP contribution in [0.4, 0.5) is 5.69 Å². The second-order valence-electron chi connectivity index (χ2n) is 4.19. The number of methoxy groups -OCH3 is 1. The Kier molecular flexibility index (Phi) is 4.36. The number of hydrogen-bond donors (Lipinski definition) is 1. The van der Waals surface area contributed by atoms with Gasteiger partial charge < -0.3 is 10.1 Å². The average Bonchev–Trinajstić information content (AvgIpc) is 2.86.